The summed E-state index contributed by atoms with van der Waals surface area (Å²) in [5, 5.41) is 2.84. The van der Waals surface area contributed by atoms with Crippen LogP contribution in [-0.4, -0.2) is 29.8 Å². The summed E-state index contributed by atoms with van der Waals surface area (Å²) >= 11 is 0. The van der Waals surface area contributed by atoms with Crippen LogP contribution in [0, 0.1) is 18.7 Å². The van der Waals surface area contributed by atoms with Gasteiger partial charge in [-0.2, -0.15) is 0 Å². The van der Waals surface area contributed by atoms with Crippen LogP contribution in [0.4, 0.5) is 10.1 Å². The minimum Gasteiger partial charge on any atom is -0.472 e. The van der Waals surface area contributed by atoms with Crippen LogP contribution >= 0.6 is 0 Å². The quantitative estimate of drug-likeness (QED) is 0.940. The summed E-state index contributed by atoms with van der Waals surface area (Å²) in [4.78, 5) is 26.5. The van der Waals surface area contributed by atoms with Crippen molar-refractivity contribution in [2.24, 2.45) is 5.92 Å². The van der Waals surface area contributed by atoms with Crippen molar-refractivity contribution in [3.05, 3.63) is 53.7 Å². The number of hydrogen-bond acceptors (Lipinski definition) is 3. The molecule has 6 heteroatoms. The van der Waals surface area contributed by atoms with Gasteiger partial charge < -0.3 is 14.6 Å². The predicted octanol–water partition coefficient (Wildman–Crippen LogP) is 3.22. The van der Waals surface area contributed by atoms with Crippen LogP contribution in [-0.2, 0) is 4.79 Å². The molecule has 1 atom stereocenters. The molecule has 24 heavy (non-hydrogen) atoms. The normalized spacial score (nSPS) is 17.6. The molecule has 1 aromatic heterocycles. The lowest BCUT2D eigenvalue weighted by atomic mass is 9.96. The van der Waals surface area contributed by atoms with Crippen molar-refractivity contribution < 1.29 is 18.4 Å². The van der Waals surface area contributed by atoms with Crippen molar-refractivity contribution >= 4 is 17.5 Å². The number of nitrogens with one attached hydrogen (secondary N) is 1. The fourth-order valence-corrected chi connectivity index (χ4v) is 2.95. The molecule has 2 amide bonds. The Kier molecular flexibility index (Phi) is 4.64. The van der Waals surface area contributed by atoms with Crippen LogP contribution in [0.5, 0.6) is 0 Å². The number of carbonyl (C=O) groups is 2. The third-order valence-corrected chi connectivity index (χ3v) is 4.29. The summed E-state index contributed by atoms with van der Waals surface area (Å²) in [6, 6.07) is 5.87. The van der Waals surface area contributed by atoms with Gasteiger partial charge in [0.25, 0.3) is 5.91 Å². The number of anilines is 1. The first-order valence-electron chi connectivity index (χ1n) is 7.93. The highest BCUT2D eigenvalue weighted by atomic mass is 19.1. The average Bonchev–Trinajstić information content (AvgIpc) is 3.11. The van der Waals surface area contributed by atoms with Crippen molar-refractivity contribution in [3.63, 3.8) is 0 Å². The molecule has 0 aliphatic carbocycles. The van der Waals surface area contributed by atoms with Gasteiger partial charge >= 0.3 is 0 Å². The van der Waals surface area contributed by atoms with Gasteiger partial charge in [-0.05, 0) is 49.6 Å². The van der Waals surface area contributed by atoms with Gasteiger partial charge in [0, 0.05) is 18.8 Å². The maximum atomic E-state index is 13.1. The van der Waals surface area contributed by atoms with Crippen LogP contribution in [0.2, 0.25) is 0 Å². The van der Waals surface area contributed by atoms with E-state index in [-0.39, 0.29) is 23.5 Å². The lowest BCUT2D eigenvalue weighted by Crippen LogP contribution is -2.43. The van der Waals surface area contributed by atoms with Gasteiger partial charge in [-0.1, -0.05) is 0 Å². The van der Waals surface area contributed by atoms with E-state index in [1.54, 1.807) is 24.0 Å². The van der Waals surface area contributed by atoms with Gasteiger partial charge in [-0.25, -0.2) is 4.39 Å². The highest BCUT2D eigenvalue weighted by Gasteiger charge is 2.29. The molecule has 5 nitrogen and oxygen atoms in total. The van der Waals surface area contributed by atoms with E-state index in [1.807, 2.05) is 0 Å². The minimum atomic E-state index is -0.333. The number of rotatable bonds is 3. The molecule has 1 N–H and O–H groups in total. The highest BCUT2D eigenvalue weighted by Crippen LogP contribution is 2.22. The van der Waals surface area contributed by atoms with Gasteiger partial charge in [-0.3, -0.25) is 9.59 Å². The SMILES string of the molecule is Cc1cc(F)ccc1NC(=O)[C@H]1CCCN(C(=O)c2ccoc2)C1. The monoisotopic (exact) mass is 330 g/mol. The molecule has 3 rings (SSSR count). The zero-order valence-electron chi connectivity index (χ0n) is 13.4. The van der Waals surface area contributed by atoms with Crippen molar-refractivity contribution in [1.82, 2.24) is 4.90 Å². The zero-order chi connectivity index (χ0) is 17.1. The molecule has 1 aliphatic heterocycles. The van der Waals surface area contributed by atoms with E-state index in [0.717, 1.165) is 12.8 Å². The number of piperidine rings is 1. The second kappa shape index (κ2) is 6.86. The molecule has 0 spiro atoms. The number of carbonyl (C=O) groups excluding carboxylic acids is 2. The number of benzene rings is 1. The van der Waals surface area contributed by atoms with Crippen LogP contribution in [0.1, 0.15) is 28.8 Å². The standard InChI is InChI=1S/C18H19FN2O3/c1-12-9-15(19)4-5-16(12)20-17(22)13-3-2-7-21(10-13)18(23)14-6-8-24-11-14/h4-6,8-9,11,13H,2-3,7,10H2,1H3,(H,20,22)/t13-/m0/s1. The first kappa shape index (κ1) is 16.2. The molecule has 1 aromatic carbocycles. The Balaban J connectivity index is 1.65. The van der Waals surface area contributed by atoms with Crippen LogP contribution < -0.4 is 5.32 Å². The van der Waals surface area contributed by atoms with E-state index in [9.17, 15) is 14.0 Å². The lowest BCUT2D eigenvalue weighted by Gasteiger charge is -2.31. The number of nitrogens with zero attached hydrogens (tertiary/aromatic N) is 1. The third kappa shape index (κ3) is 3.48. The molecule has 0 unspecified atom stereocenters. The van der Waals surface area contributed by atoms with Crippen molar-refractivity contribution in [3.8, 4) is 0 Å². The fourth-order valence-electron chi connectivity index (χ4n) is 2.95. The molecular formula is C18H19FN2O3. The molecule has 2 heterocycles. The number of amides is 2. The first-order valence-corrected chi connectivity index (χ1v) is 7.93. The van der Waals surface area contributed by atoms with Crippen LogP contribution in [0.3, 0.4) is 0 Å². The molecule has 0 radical (unpaired) electrons. The predicted molar refractivity (Wildman–Crippen MR) is 87.1 cm³/mol. The van der Waals surface area contributed by atoms with E-state index in [4.69, 9.17) is 4.42 Å². The van der Waals surface area contributed by atoms with Crippen molar-refractivity contribution in [1.29, 1.82) is 0 Å². The Morgan fingerprint density at radius 2 is 2.17 bits per heavy atom. The van der Waals surface area contributed by atoms with Crippen LogP contribution in [0.25, 0.3) is 0 Å². The summed E-state index contributed by atoms with van der Waals surface area (Å²) < 4.78 is 18.1. The van der Waals surface area contributed by atoms with E-state index in [1.165, 1.54) is 24.7 Å². The summed E-state index contributed by atoms with van der Waals surface area (Å²) in [5.41, 5.74) is 1.76. The Bertz CT molecular complexity index is 743. The van der Waals surface area contributed by atoms with Crippen molar-refractivity contribution in [2.75, 3.05) is 18.4 Å². The number of likely N-dealkylation sites (tertiary alicyclic amines) is 1. The third-order valence-electron chi connectivity index (χ3n) is 4.29. The molecule has 1 saturated heterocycles. The maximum absolute atomic E-state index is 13.1. The molecule has 126 valence electrons. The smallest absolute Gasteiger partial charge is 0.257 e. The summed E-state index contributed by atoms with van der Waals surface area (Å²) in [5.74, 6) is -0.882. The van der Waals surface area contributed by atoms with E-state index in [0.29, 0.717) is 29.9 Å². The summed E-state index contributed by atoms with van der Waals surface area (Å²) in [6.07, 6.45) is 4.36. The Morgan fingerprint density at radius 1 is 1.33 bits per heavy atom. The Hall–Kier alpha value is -2.63. The van der Waals surface area contributed by atoms with E-state index in [2.05, 4.69) is 5.32 Å². The molecular weight excluding hydrogens is 311 g/mol. The summed E-state index contributed by atoms with van der Waals surface area (Å²) in [6.45, 7) is 2.74. The molecule has 1 aliphatic rings. The van der Waals surface area contributed by atoms with E-state index >= 15 is 0 Å². The van der Waals surface area contributed by atoms with Gasteiger partial charge in [0.1, 0.15) is 12.1 Å². The topological polar surface area (TPSA) is 62.6 Å². The van der Waals surface area contributed by atoms with Crippen LogP contribution in [0.15, 0.2) is 41.2 Å². The molecule has 0 saturated carbocycles. The van der Waals surface area contributed by atoms with Gasteiger partial charge in [0.15, 0.2) is 0 Å². The molecule has 0 bridgehead atoms. The average molecular weight is 330 g/mol. The fraction of sp³-hybridized carbons (Fsp3) is 0.333. The molecule has 2 aromatic rings. The largest absolute Gasteiger partial charge is 0.472 e. The maximum Gasteiger partial charge on any atom is 0.257 e. The summed E-state index contributed by atoms with van der Waals surface area (Å²) in [7, 11) is 0. The minimum absolute atomic E-state index is 0.126. The number of furan rings is 1. The lowest BCUT2D eigenvalue weighted by molar-refractivity contribution is -0.121. The van der Waals surface area contributed by atoms with Gasteiger partial charge in [-0.15, -0.1) is 0 Å². The second-order valence-electron chi connectivity index (χ2n) is 6.05. The van der Waals surface area contributed by atoms with Gasteiger partial charge in [0.05, 0.1) is 17.7 Å². The Labute approximate surface area is 139 Å². The van der Waals surface area contributed by atoms with Gasteiger partial charge in [0.2, 0.25) is 5.91 Å². The Morgan fingerprint density at radius 3 is 2.88 bits per heavy atom. The first-order chi connectivity index (χ1) is 11.5. The number of hydrogen-bond donors (Lipinski definition) is 1. The van der Waals surface area contributed by atoms with E-state index < -0.39 is 0 Å². The molecule has 1 fully saturated rings. The second-order valence-corrected chi connectivity index (χ2v) is 6.05. The number of halogens is 1. The van der Waals surface area contributed by atoms with Crippen molar-refractivity contribution in [2.45, 2.75) is 19.8 Å². The zero-order valence-corrected chi connectivity index (χ0v) is 13.4. The number of aryl methyl sites for hydroxylation is 1. The highest BCUT2D eigenvalue weighted by molar-refractivity contribution is 5.96.